The predicted octanol–water partition coefficient (Wildman–Crippen LogP) is 2.86. The summed E-state index contributed by atoms with van der Waals surface area (Å²) in [6, 6.07) is 8.89. The van der Waals surface area contributed by atoms with Crippen molar-refractivity contribution in [3.8, 4) is 5.75 Å². The van der Waals surface area contributed by atoms with E-state index in [9.17, 15) is 14.7 Å². The quantitative estimate of drug-likeness (QED) is 0.922. The largest absolute Gasteiger partial charge is 0.497 e. The molecule has 0 aliphatic rings. The minimum Gasteiger partial charge on any atom is -0.497 e. The summed E-state index contributed by atoms with van der Waals surface area (Å²) >= 11 is 0. The molecule has 1 aromatic carbocycles. The molecule has 1 heterocycles. The van der Waals surface area contributed by atoms with Crippen LogP contribution in [0.5, 0.6) is 5.75 Å². The summed E-state index contributed by atoms with van der Waals surface area (Å²) in [6.07, 6.45) is 2.33. The standard InChI is InChI=1S/C17H19NO4/c1-4-14(12-5-7-13(22-3)8-6-12)18-10-9-11(2)15(16(18)19)17(20)21/h5-10,14H,4H2,1-3H3,(H,20,21). The van der Waals surface area contributed by atoms with Crippen molar-refractivity contribution in [2.45, 2.75) is 26.3 Å². The second kappa shape index (κ2) is 6.47. The predicted molar refractivity (Wildman–Crippen MR) is 83.8 cm³/mol. The van der Waals surface area contributed by atoms with Crippen molar-refractivity contribution in [2.75, 3.05) is 7.11 Å². The molecule has 0 saturated carbocycles. The Balaban J connectivity index is 2.54. The van der Waals surface area contributed by atoms with Gasteiger partial charge >= 0.3 is 5.97 Å². The molecule has 116 valence electrons. The molecule has 22 heavy (non-hydrogen) atoms. The molecule has 0 amide bonds. The van der Waals surface area contributed by atoms with Gasteiger partial charge in [0.2, 0.25) is 0 Å². The van der Waals surface area contributed by atoms with Gasteiger partial charge in [0.15, 0.2) is 0 Å². The van der Waals surface area contributed by atoms with Gasteiger partial charge in [0.1, 0.15) is 11.3 Å². The van der Waals surface area contributed by atoms with Crippen LogP contribution in [0.2, 0.25) is 0 Å². The molecule has 1 N–H and O–H groups in total. The highest BCUT2D eigenvalue weighted by atomic mass is 16.5. The van der Waals surface area contributed by atoms with Crippen LogP contribution in [0.25, 0.3) is 0 Å². The number of carbonyl (C=O) groups is 1. The second-order valence-electron chi connectivity index (χ2n) is 5.09. The van der Waals surface area contributed by atoms with Crippen LogP contribution in [-0.2, 0) is 0 Å². The van der Waals surface area contributed by atoms with Crippen molar-refractivity contribution in [2.24, 2.45) is 0 Å². The number of aryl methyl sites for hydroxylation is 1. The first-order valence-corrected chi connectivity index (χ1v) is 7.08. The van der Waals surface area contributed by atoms with Crippen LogP contribution < -0.4 is 10.3 Å². The van der Waals surface area contributed by atoms with Crippen molar-refractivity contribution in [1.82, 2.24) is 4.57 Å². The zero-order chi connectivity index (χ0) is 16.3. The number of hydrogen-bond donors (Lipinski definition) is 1. The van der Waals surface area contributed by atoms with E-state index in [1.807, 2.05) is 31.2 Å². The molecule has 2 rings (SSSR count). The molecule has 5 heteroatoms. The molecule has 1 atom stereocenters. The van der Waals surface area contributed by atoms with Crippen molar-refractivity contribution in [1.29, 1.82) is 0 Å². The fourth-order valence-electron chi connectivity index (χ4n) is 2.57. The molecule has 0 radical (unpaired) electrons. The monoisotopic (exact) mass is 301 g/mol. The molecule has 5 nitrogen and oxygen atoms in total. The van der Waals surface area contributed by atoms with E-state index in [1.165, 1.54) is 4.57 Å². The number of hydrogen-bond acceptors (Lipinski definition) is 3. The van der Waals surface area contributed by atoms with E-state index in [4.69, 9.17) is 4.74 Å². The van der Waals surface area contributed by atoms with Gasteiger partial charge in [0.05, 0.1) is 13.2 Å². The Bertz CT molecular complexity index is 731. The maximum atomic E-state index is 12.5. The van der Waals surface area contributed by atoms with Crippen LogP contribution in [0.3, 0.4) is 0 Å². The number of aromatic carboxylic acids is 1. The molecular formula is C17H19NO4. The molecule has 1 unspecified atom stereocenters. The molecular weight excluding hydrogens is 282 g/mol. The summed E-state index contributed by atoms with van der Waals surface area (Å²) in [5, 5.41) is 9.23. The topological polar surface area (TPSA) is 68.5 Å². The van der Waals surface area contributed by atoms with Gasteiger partial charge in [-0.25, -0.2) is 4.79 Å². The summed E-state index contributed by atoms with van der Waals surface area (Å²) in [4.78, 5) is 23.8. The van der Waals surface area contributed by atoms with Crippen molar-refractivity contribution >= 4 is 5.97 Å². The first-order valence-electron chi connectivity index (χ1n) is 7.08. The van der Waals surface area contributed by atoms with E-state index in [0.29, 0.717) is 12.0 Å². The second-order valence-corrected chi connectivity index (χ2v) is 5.09. The molecule has 1 aromatic heterocycles. The van der Waals surface area contributed by atoms with Gasteiger partial charge < -0.3 is 14.4 Å². The van der Waals surface area contributed by atoms with E-state index in [2.05, 4.69) is 0 Å². The molecule has 0 saturated heterocycles. The maximum Gasteiger partial charge on any atom is 0.341 e. The third kappa shape index (κ3) is 2.88. The van der Waals surface area contributed by atoms with Crippen molar-refractivity contribution < 1.29 is 14.6 Å². The third-order valence-electron chi connectivity index (χ3n) is 3.76. The average Bonchev–Trinajstić information content (AvgIpc) is 2.50. The Kier molecular flexibility index (Phi) is 4.65. The van der Waals surface area contributed by atoms with Crippen molar-refractivity contribution in [3.05, 3.63) is 63.6 Å². The van der Waals surface area contributed by atoms with Crippen LogP contribution in [0.15, 0.2) is 41.3 Å². The number of carboxylic acid groups (broad SMARTS) is 1. The van der Waals surface area contributed by atoms with Gasteiger partial charge in [-0.05, 0) is 42.7 Å². The van der Waals surface area contributed by atoms with Gasteiger partial charge in [-0.1, -0.05) is 19.1 Å². The lowest BCUT2D eigenvalue weighted by Gasteiger charge is -2.20. The van der Waals surface area contributed by atoms with Gasteiger partial charge in [0, 0.05) is 6.20 Å². The maximum absolute atomic E-state index is 12.5. The highest BCUT2D eigenvalue weighted by molar-refractivity contribution is 5.88. The van der Waals surface area contributed by atoms with Crippen molar-refractivity contribution in [3.63, 3.8) is 0 Å². The fraction of sp³-hybridized carbons (Fsp3) is 0.294. The number of pyridine rings is 1. The van der Waals surface area contributed by atoms with E-state index >= 15 is 0 Å². The Labute approximate surface area is 128 Å². The van der Waals surface area contributed by atoms with E-state index in [1.54, 1.807) is 26.3 Å². The average molecular weight is 301 g/mol. The molecule has 0 aliphatic heterocycles. The molecule has 0 aliphatic carbocycles. The number of rotatable bonds is 5. The smallest absolute Gasteiger partial charge is 0.341 e. The third-order valence-corrected chi connectivity index (χ3v) is 3.76. The zero-order valence-corrected chi connectivity index (χ0v) is 12.9. The number of benzene rings is 1. The SMILES string of the molecule is CCC(c1ccc(OC)cc1)n1ccc(C)c(C(=O)O)c1=O. The highest BCUT2D eigenvalue weighted by Gasteiger charge is 2.19. The Morgan fingerprint density at radius 3 is 2.41 bits per heavy atom. The van der Waals surface area contributed by atoms with Crippen LogP contribution in [0.4, 0.5) is 0 Å². The lowest BCUT2D eigenvalue weighted by molar-refractivity contribution is 0.0693. The molecule has 2 aromatic rings. The van der Waals surface area contributed by atoms with Gasteiger partial charge in [-0.15, -0.1) is 0 Å². The van der Waals surface area contributed by atoms with Gasteiger partial charge in [0.25, 0.3) is 5.56 Å². The lowest BCUT2D eigenvalue weighted by atomic mass is 10.0. The molecule has 0 spiro atoms. The normalized spacial score (nSPS) is 12.0. The Hall–Kier alpha value is -2.56. The summed E-state index contributed by atoms with van der Waals surface area (Å²) in [7, 11) is 1.59. The summed E-state index contributed by atoms with van der Waals surface area (Å²) < 4.78 is 6.62. The number of aromatic nitrogens is 1. The Morgan fingerprint density at radius 2 is 1.91 bits per heavy atom. The van der Waals surface area contributed by atoms with Crippen LogP contribution >= 0.6 is 0 Å². The number of ether oxygens (including phenoxy) is 1. The van der Waals surface area contributed by atoms with Gasteiger partial charge in [-0.2, -0.15) is 0 Å². The first kappa shape index (κ1) is 15.8. The molecule has 0 bridgehead atoms. The van der Waals surface area contributed by atoms with E-state index < -0.39 is 11.5 Å². The first-order chi connectivity index (χ1) is 10.5. The summed E-state index contributed by atoms with van der Waals surface area (Å²) in [6.45, 7) is 3.59. The minimum atomic E-state index is -1.19. The summed E-state index contributed by atoms with van der Waals surface area (Å²) in [5.41, 5.74) is 0.758. The van der Waals surface area contributed by atoms with E-state index in [0.717, 1.165) is 11.3 Å². The fourth-order valence-corrected chi connectivity index (χ4v) is 2.57. The number of carboxylic acids is 1. The number of nitrogens with zero attached hydrogens (tertiary/aromatic N) is 1. The molecule has 0 fully saturated rings. The van der Waals surface area contributed by atoms with Gasteiger partial charge in [-0.3, -0.25) is 4.79 Å². The number of methoxy groups -OCH3 is 1. The highest BCUT2D eigenvalue weighted by Crippen LogP contribution is 2.23. The van der Waals surface area contributed by atoms with E-state index in [-0.39, 0.29) is 11.6 Å². The van der Waals surface area contributed by atoms with Crippen LogP contribution in [0, 0.1) is 6.92 Å². The zero-order valence-electron chi connectivity index (χ0n) is 12.9. The summed E-state index contributed by atoms with van der Waals surface area (Å²) in [5.74, 6) is -0.456. The minimum absolute atomic E-state index is 0.172. The van der Waals surface area contributed by atoms with Crippen LogP contribution in [0.1, 0.15) is 40.9 Å². The van der Waals surface area contributed by atoms with Crippen LogP contribution in [-0.4, -0.2) is 22.8 Å². The lowest BCUT2D eigenvalue weighted by Crippen LogP contribution is -2.30. The Morgan fingerprint density at radius 1 is 1.27 bits per heavy atom.